The van der Waals surface area contributed by atoms with Crippen molar-refractivity contribution in [1.29, 1.82) is 0 Å². The molecule has 2 aromatic carbocycles. The summed E-state index contributed by atoms with van der Waals surface area (Å²) in [5.41, 5.74) is 2.72. The third-order valence-corrected chi connectivity index (χ3v) is 3.63. The predicted octanol–water partition coefficient (Wildman–Crippen LogP) is 3.53. The van der Waals surface area contributed by atoms with Gasteiger partial charge < -0.3 is 14.4 Å². The summed E-state index contributed by atoms with van der Waals surface area (Å²) in [7, 11) is 1.59. The standard InChI is InChI=1S/C17H16N2O4/c1-22-17-6-5-13(11-18-7-8-23-12-18)9-16(17)14-3-2-4-15(10-14)19(20)21/h2-10H,11-12H2,1H3. The SMILES string of the molecule is COc1ccc(CN2C=COC2)cc1-c1cccc([N+](=O)[O-])c1. The summed E-state index contributed by atoms with van der Waals surface area (Å²) >= 11 is 0. The highest BCUT2D eigenvalue weighted by Gasteiger charge is 2.13. The molecule has 0 saturated carbocycles. The van der Waals surface area contributed by atoms with E-state index in [9.17, 15) is 10.1 Å². The van der Waals surface area contributed by atoms with Gasteiger partial charge in [0, 0.05) is 30.4 Å². The molecule has 0 N–H and O–H groups in total. The van der Waals surface area contributed by atoms with Gasteiger partial charge >= 0.3 is 0 Å². The highest BCUT2D eigenvalue weighted by molar-refractivity contribution is 5.73. The Morgan fingerprint density at radius 3 is 2.87 bits per heavy atom. The molecule has 118 valence electrons. The minimum atomic E-state index is -0.397. The number of ether oxygens (including phenoxy) is 2. The van der Waals surface area contributed by atoms with Crippen LogP contribution in [-0.2, 0) is 11.3 Å². The van der Waals surface area contributed by atoms with Crippen LogP contribution in [0.3, 0.4) is 0 Å². The van der Waals surface area contributed by atoms with E-state index < -0.39 is 4.92 Å². The van der Waals surface area contributed by atoms with E-state index in [0.29, 0.717) is 19.0 Å². The molecule has 1 heterocycles. The first-order valence-electron chi connectivity index (χ1n) is 7.11. The maximum atomic E-state index is 11.0. The van der Waals surface area contributed by atoms with Crippen LogP contribution in [0.1, 0.15) is 5.56 Å². The van der Waals surface area contributed by atoms with E-state index in [1.165, 1.54) is 6.07 Å². The van der Waals surface area contributed by atoms with Crippen molar-refractivity contribution in [2.75, 3.05) is 13.8 Å². The van der Waals surface area contributed by atoms with Crippen molar-refractivity contribution in [3.8, 4) is 16.9 Å². The molecular formula is C17H16N2O4. The molecule has 23 heavy (non-hydrogen) atoms. The van der Waals surface area contributed by atoms with Crippen LogP contribution >= 0.6 is 0 Å². The maximum Gasteiger partial charge on any atom is 0.270 e. The first kappa shape index (κ1) is 14.9. The van der Waals surface area contributed by atoms with Crippen molar-refractivity contribution in [3.63, 3.8) is 0 Å². The average Bonchev–Trinajstić information content (AvgIpc) is 3.08. The zero-order valence-electron chi connectivity index (χ0n) is 12.6. The van der Waals surface area contributed by atoms with Crippen LogP contribution in [0.5, 0.6) is 5.75 Å². The summed E-state index contributed by atoms with van der Waals surface area (Å²) < 4.78 is 10.6. The van der Waals surface area contributed by atoms with Gasteiger partial charge in [-0.15, -0.1) is 0 Å². The topological polar surface area (TPSA) is 64.8 Å². The fourth-order valence-corrected chi connectivity index (χ4v) is 2.51. The molecule has 0 spiro atoms. The molecule has 3 rings (SSSR count). The molecule has 0 aliphatic carbocycles. The molecule has 2 aromatic rings. The van der Waals surface area contributed by atoms with Gasteiger partial charge in [-0.3, -0.25) is 10.1 Å². The summed E-state index contributed by atoms with van der Waals surface area (Å²) in [6.07, 6.45) is 3.54. The Bertz CT molecular complexity index is 758. The summed E-state index contributed by atoms with van der Waals surface area (Å²) in [5.74, 6) is 0.683. The van der Waals surface area contributed by atoms with Crippen LogP contribution in [0.25, 0.3) is 11.1 Å². The molecule has 0 unspecified atom stereocenters. The van der Waals surface area contributed by atoms with E-state index in [2.05, 4.69) is 0 Å². The summed E-state index contributed by atoms with van der Waals surface area (Å²) in [6.45, 7) is 1.22. The first-order chi connectivity index (χ1) is 11.2. The highest BCUT2D eigenvalue weighted by atomic mass is 16.6. The average molecular weight is 312 g/mol. The number of nitrogens with zero attached hydrogens (tertiary/aromatic N) is 2. The quantitative estimate of drug-likeness (QED) is 0.624. The predicted molar refractivity (Wildman–Crippen MR) is 85.7 cm³/mol. The zero-order valence-corrected chi connectivity index (χ0v) is 12.6. The summed E-state index contributed by atoms with van der Waals surface area (Å²) in [6, 6.07) is 12.4. The minimum absolute atomic E-state index is 0.0610. The van der Waals surface area contributed by atoms with Crippen molar-refractivity contribution in [2.45, 2.75) is 6.54 Å². The highest BCUT2D eigenvalue weighted by Crippen LogP contribution is 2.33. The van der Waals surface area contributed by atoms with Gasteiger partial charge in [0.1, 0.15) is 12.0 Å². The third kappa shape index (κ3) is 3.26. The van der Waals surface area contributed by atoms with Gasteiger partial charge in [-0.25, -0.2) is 0 Å². The number of hydrogen-bond acceptors (Lipinski definition) is 5. The van der Waals surface area contributed by atoms with Crippen LogP contribution in [-0.4, -0.2) is 23.7 Å². The number of nitro groups is 1. The van der Waals surface area contributed by atoms with Gasteiger partial charge in [0.15, 0.2) is 6.73 Å². The molecule has 1 aliphatic heterocycles. The Morgan fingerprint density at radius 1 is 1.30 bits per heavy atom. The molecule has 1 aliphatic rings. The van der Waals surface area contributed by atoms with Gasteiger partial charge in [0.05, 0.1) is 12.0 Å². The van der Waals surface area contributed by atoms with Crippen LogP contribution in [0, 0.1) is 10.1 Å². The summed E-state index contributed by atoms with van der Waals surface area (Å²) in [4.78, 5) is 12.6. The Labute approximate surface area is 133 Å². The zero-order chi connectivity index (χ0) is 16.2. The van der Waals surface area contributed by atoms with Crippen molar-refractivity contribution in [1.82, 2.24) is 4.90 Å². The van der Waals surface area contributed by atoms with Crippen molar-refractivity contribution in [3.05, 3.63) is 70.6 Å². The van der Waals surface area contributed by atoms with E-state index in [-0.39, 0.29) is 5.69 Å². The van der Waals surface area contributed by atoms with E-state index in [4.69, 9.17) is 9.47 Å². The Morgan fingerprint density at radius 2 is 2.17 bits per heavy atom. The molecule has 0 aromatic heterocycles. The Kier molecular flexibility index (Phi) is 4.14. The van der Waals surface area contributed by atoms with Crippen LogP contribution in [0.4, 0.5) is 5.69 Å². The normalized spacial score (nSPS) is 13.0. The number of methoxy groups -OCH3 is 1. The second-order valence-electron chi connectivity index (χ2n) is 5.17. The molecular weight excluding hydrogens is 296 g/mol. The number of benzene rings is 2. The Hall–Kier alpha value is -3.02. The van der Waals surface area contributed by atoms with Gasteiger partial charge in [0.25, 0.3) is 5.69 Å². The van der Waals surface area contributed by atoms with Gasteiger partial charge in [-0.05, 0) is 23.3 Å². The largest absolute Gasteiger partial charge is 0.496 e. The number of rotatable bonds is 5. The molecule has 6 nitrogen and oxygen atoms in total. The molecule has 0 saturated heterocycles. The molecule has 6 heteroatoms. The van der Waals surface area contributed by atoms with Gasteiger partial charge in [-0.2, -0.15) is 0 Å². The van der Waals surface area contributed by atoms with E-state index in [1.807, 2.05) is 35.4 Å². The van der Waals surface area contributed by atoms with Gasteiger partial charge in [-0.1, -0.05) is 18.2 Å². The van der Waals surface area contributed by atoms with Crippen LogP contribution in [0.2, 0.25) is 0 Å². The fraction of sp³-hybridized carbons (Fsp3) is 0.176. The van der Waals surface area contributed by atoms with E-state index in [0.717, 1.165) is 16.7 Å². The lowest BCUT2D eigenvalue weighted by molar-refractivity contribution is -0.384. The fourth-order valence-electron chi connectivity index (χ4n) is 2.51. The lowest BCUT2D eigenvalue weighted by atomic mass is 10.0. The van der Waals surface area contributed by atoms with Crippen molar-refractivity contribution in [2.24, 2.45) is 0 Å². The third-order valence-electron chi connectivity index (χ3n) is 3.63. The van der Waals surface area contributed by atoms with Crippen LogP contribution < -0.4 is 4.74 Å². The number of hydrogen-bond donors (Lipinski definition) is 0. The molecule has 0 radical (unpaired) electrons. The number of nitro benzene ring substituents is 1. The minimum Gasteiger partial charge on any atom is -0.496 e. The maximum absolute atomic E-state index is 11.0. The monoisotopic (exact) mass is 312 g/mol. The van der Waals surface area contributed by atoms with E-state index >= 15 is 0 Å². The second-order valence-corrected chi connectivity index (χ2v) is 5.17. The first-order valence-corrected chi connectivity index (χ1v) is 7.11. The summed E-state index contributed by atoms with van der Waals surface area (Å²) in [5, 5.41) is 11.0. The lowest BCUT2D eigenvalue weighted by Gasteiger charge is -2.16. The molecule has 0 amide bonds. The number of non-ortho nitro benzene ring substituents is 1. The van der Waals surface area contributed by atoms with Crippen molar-refractivity contribution >= 4 is 5.69 Å². The molecule has 0 atom stereocenters. The molecule has 0 bridgehead atoms. The second kappa shape index (κ2) is 6.39. The van der Waals surface area contributed by atoms with Gasteiger partial charge in [0.2, 0.25) is 0 Å². The Balaban J connectivity index is 1.97. The van der Waals surface area contributed by atoms with Crippen LogP contribution in [0.15, 0.2) is 54.9 Å². The smallest absolute Gasteiger partial charge is 0.270 e. The van der Waals surface area contributed by atoms with E-state index in [1.54, 1.807) is 25.5 Å². The van der Waals surface area contributed by atoms with Crippen molar-refractivity contribution < 1.29 is 14.4 Å². The lowest BCUT2D eigenvalue weighted by Crippen LogP contribution is -2.14. The molecule has 0 fully saturated rings.